The molecule has 0 aromatic rings. The van der Waals surface area contributed by atoms with Crippen molar-refractivity contribution in [3.8, 4) is 0 Å². The van der Waals surface area contributed by atoms with E-state index in [0.29, 0.717) is 141 Å². The fourth-order valence-electron chi connectivity index (χ4n) is 13.5. The van der Waals surface area contributed by atoms with Gasteiger partial charge in [-0.15, -0.1) is 0 Å². The maximum absolute atomic E-state index is 13.3. The maximum Gasteiger partial charge on any atom is 0.307 e. The lowest BCUT2D eigenvalue weighted by molar-refractivity contribution is -0.148. The number of rotatable bonds is 52. The van der Waals surface area contributed by atoms with Crippen LogP contribution in [0, 0.1) is 47.3 Å². The minimum absolute atomic E-state index is 0.111. The fourth-order valence-corrected chi connectivity index (χ4v) is 13.5. The van der Waals surface area contributed by atoms with Gasteiger partial charge in [-0.3, -0.25) is 38.4 Å². The molecule has 542 valence electrons. The monoisotopic (exact) mass is 1330 g/mol. The number of carbonyl (C=O) groups is 8. The Bertz CT molecular complexity index is 1790. The van der Waals surface area contributed by atoms with Crippen LogP contribution >= 0.6 is 0 Å². The largest absolute Gasteiger partial charge is 0.465 e. The molecule has 0 aliphatic heterocycles. The summed E-state index contributed by atoms with van der Waals surface area (Å²) in [6.45, 7) is 16.6. The zero-order chi connectivity index (χ0) is 67.8. The summed E-state index contributed by atoms with van der Waals surface area (Å²) in [4.78, 5) is 108. The number of unbranched alkanes of at least 4 members (excludes halogenated alkanes) is 8. The summed E-state index contributed by atoms with van der Waals surface area (Å²) in [6.07, 6.45) is 31.2. The molecule has 0 bridgehead atoms. The third kappa shape index (κ3) is 40.4. The molecule has 0 aromatic heterocycles. The molecule has 4 saturated carbocycles. The first-order valence-corrected chi connectivity index (χ1v) is 38.0. The van der Waals surface area contributed by atoms with Crippen molar-refractivity contribution in [3.05, 3.63) is 0 Å². The summed E-state index contributed by atoms with van der Waals surface area (Å²) in [7, 11) is 2.09. The average molecular weight is 1330 g/mol. The number of nitrogens with zero attached hydrogens (tertiary/aromatic N) is 3. The van der Waals surface area contributed by atoms with Crippen LogP contribution in [0.1, 0.15) is 272 Å². The van der Waals surface area contributed by atoms with E-state index >= 15 is 0 Å². The molecule has 0 spiro atoms. The van der Waals surface area contributed by atoms with E-state index in [9.17, 15) is 38.4 Å². The van der Waals surface area contributed by atoms with Crippen molar-refractivity contribution >= 4 is 47.8 Å². The van der Waals surface area contributed by atoms with Crippen molar-refractivity contribution in [3.63, 3.8) is 0 Å². The van der Waals surface area contributed by atoms with Crippen molar-refractivity contribution in [1.29, 1.82) is 0 Å². The predicted octanol–water partition coefficient (Wildman–Crippen LogP) is 13.8. The van der Waals surface area contributed by atoms with Gasteiger partial charge >= 0.3 is 47.8 Å². The normalized spacial score (nSPS) is 21.5. The van der Waals surface area contributed by atoms with Crippen molar-refractivity contribution < 1.29 is 76.3 Å². The Morgan fingerprint density at radius 3 is 0.574 bits per heavy atom. The Hall–Kier alpha value is -4.36. The van der Waals surface area contributed by atoms with E-state index in [2.05, 4.69) is 49.4 Å². The van der Waals surface area contributed by atoms with Crippen LogP contribution in [0.25, 0.3) is 0 Å². The van der Waals surface area contributed by atoms with E-state index in [4.69, 9.17) is 37.9 Å². The second kappa shape index (κ2) is 51.8. The minimum atomic E-state index is -0.249. The summed E-state index contributed by atoms with van der Waals surface area (Å²) in [5.41, 5.74) is 0. The molecule has 4 aliphatic carbocycles. The molecule has 19 nitrogen and oxygen atoms in total. The van der Waals surface area contributed by atoms with Gasteiger partial charge in [-0.1, -0.05) is 79.1 Å². The first kappa shape index (κ1) is 82.1. The van der Waals surface area contributed by atoms with E-state index in [0.717, 1.165) is 206 Å². The van der Waals surface area contributed by atoms with E-state index in [1.165, 1.54) is 0 Å². The van der Waals surface area contributed by atoms with Gasteiger partial charge in [0, 0.05) is 51.9 Å². The molecule has 0 unspecified atom stereocenters. The smallest absolute Gasteiger partial charge is 0.307 e. The Morgan fingerprint density at radius 2 is 0.404 bits per heavy atom. The SMILES string of the molecule is CCCCCC(=O)OCC1CCC(COC(=O)CCN(CCCN(C)CCCN(CCC(=O)OCC2CCC(COC(=O)CCCCC)CC2)CCC(=O)OCC2CCC(COC(=O)CCCCC)CC2)CCC(=O)OCC2CCC(COC(=O)CCCCC)CC2)CC1. The third-order valence-corrected chi connectivity index (χ3v) is 20.2. The number of esters is 8. The van der Waals surface area contributed by atoms with Gasteiger partial charge in [0.05, 0.1) is 78.5 Å². The molecular weight excluding hydrogens is 1200 g/mol. The van der Waals surface area contributed by atoms with Crippen LogP contribution in [0.15, 0.2) is 0 Å². The van der Waals surface area contributed by atoms with E-state index in [1.54, 1.807) is 0 Å². The van der Waals surface area contributed by atoms with Gasteiger partial charge in [0.15, 0.2) is 0 Å². The molecule has 0 atom stereocenters. The minimum Gasteiger partial charge on any atom is -0.465 e. The van der Waals surface area contributed by atoms with Crippen LogP contribution < -0.4 is 0 Å². The molecule has 0 aromatic carbocycles. The van der Waals surface area contributed by atoms with Crippen LogP contribution in [0.4, 0.5) is 0 Å². The van der Waals surface area contributed by atoms with Crippen LogP contribution in [-0.4, -0.2) is 175 Å². The molecule has 94 heavy (non-hydrogen) atoms. The molecule has 0 saturated heterocycles. The van der Waals surface area contributed by atoms with Gasteiger partial charge in [0.25, 0.3) is 0 Å². The number of ether oxygens (including phenoxy) is 8. The van der Waals surface area contributed by atoms with Crippen LogP contribution in [0.2, 0.25) is 0 Å². The highest BCUT2D eigenvalue weighted by Gasteiger charge is 2.28. The number of hydrogen-bond acceptors (Lipinski definition) is 19. The molecule has 0 amide bonds. The highest BCUT2D eigenvalue weighted by atomic mass is 16.6. The summed E-state index contributed by atoms with van der Waals surface area (Å²) in [5.74, 6) is 1.07. The summed E-state index contributed by atoms with van der Waals surface area (Å²) < 4.78 is 45.7. The Labute approximate surface area is 567 Å². The first-order valence-electron chi connectivity index (χ1n) is 38.0. The molecular formula is C75H131N3O16. The Balaban J connectivity index is 1.24. The lowest BCUT2D eigenvalue weighted by Crippen LogP contribution is -2.34. The van der Waals surface area contributed by atoms with Gasteiger partial charge in [0.2, 0.25) is 0 Å². The summed E-state index contributed by atoms with van der Waals surface area (Å²) in [6, 6.07) is 0. The highest BCUT2D eigenvalue weighted by Crippen LogP contribution is 2.33. The van der Waals surface area contributed by atoms with Crippen LogP contribution in [0.3, 0.4) is 0 Å². The topological polar surface area (TPSA) is 220 Å². The van der Waals surface area contributed by atoms with Gasteiger partial charge in [-0.25, -0.2) is 0 Å². The lowest BCUT2D eigenvalue weighted by atomic mass is 9.83. The molecule has 4 rings (SSSR count). The second-order valence-corrected chi connectivity index (χ2v) is 28.5. The lowest BCUT2D eigenvalue weighted by Gasteiger charge is -2.28. The Morgan fingerprint density at radius 1 is 0.234 bits per heavy atom. The predicted molar refractivity (Wildman–Crippen MR) is 364 cm³/mol. The van der Waals surface area contributed by atoms with E-state index < -0.39 is 0 Å². The first-order chi connectivity index (χ1) is 45.6. The zero-order valence-electron chi connectivity index (χ0n) is 59.7. The van der Waals surface area contributed by atoms with Gasteiger partial charge in [-0.2, -0.15) is 0 Å². The Kier molecular flexibility index (Phi) is 45.2. The molecule has 4 fully saturated rings. The number of carbonyl (C=O) groups excluding carboxylic acids is 8. The fraction of sp³-hybridized carbons (Fsp3) is 0.893. The quantitative estimate of drug-likeness (QED) is 0.0314. The van der Waals surface area contributed by atoms with Gasteiger partial charge in [-0.05, 0) is 222 Å². The molecule has 19 heteroatoms. The summed E-state index contributed by atoms with van der Waals surface area (Å²) >= 11 is 0. The van der Waals surface area contributed by atoms with Gasteiger partial charge in [0.1, 0.15) is 0 Å². The van der Waals surface area contributed by atoms with Crippen LogP contribution in [-0.2, 0) is 76.3 Å². The molecule has 0 N–H and O–H groups in total. The third-order valence-electron chi connectivity index (χ3n) is 20.2. The van der Waals surface area contributed by atoms with E-state index in [1.807, 2.05) is 0 Å². The van der Waals surface area contributed by atoms with E-state index in [-0.39, 0.29) is 97.1 Å². The maximum atomic E-state index is 13.3. The zero-order valence-corrected chi connectivity index (χ0v) is 59.7. The van der Waals surface area contributed by atoms with Gasteiger partial charge < -0.3 is 52.6 Å². The highest BCUT2D eigenvalue weighted by molar-refractivity contribution is 5.72. The molecule has 0 radical (unpaired) electrons. The number of hydrogen-bond donors (Lipinski definition) is 0. The average Bonchev–Trinajstić information content (AvgIpc) is 1.71. The second-order valence-electron chi connectivity index (χ2n) is 28.5. The van der Waals surface area contributed by atoms with Crippen molar-refractivity contribution in [2.45, 2.75) is 272 Å². The van der Waals surface area contributed by atoms with Crippen LogP contribution in [0.5, 0.6) is 0 Å². The van der Waals surface area contributed by atoms with Crippen molar-refractivity contribution in [2.24, 2.45) is 47.3 Å². The summed E-state index contributed by atoms with van der Waals surface area (Å²) in [5, 5.41) is 0. The molecule has 0 heterocycles. The van der Waals surface area contributed by atoms with Crippen molar-refractivity contribution in [1.82, 2.24) is 14.7 Å². The standard InChI is InChI=1S/C75H131N3O16/c1-6-10-14-20-68(79)87-52-60-24-32-64(33-25-60)56-91-72(83)40-48-77(49-41-73(84)92-57-65-34-26-61(27-35-65)53-88-69(80)21-15-11-7-2)46-18-44-76(5)45-19-47-78(50-42-74(85)93-58-66-36-28-62(29-37-66)54-89-70(81)22-16-12-8-3)51-43-75(86)94-59-67-38-30-63(31-39-67)55-90-71(82)23-17-13-9-4/h60-67H,6-59H2,1-5H3. The molecule has 4 aliphatic rings. The van der Waals surface area contributed by atoms with Crippen molar-refractivity contribution in [2.75, 3.05) is 112 Å².